The quantitative estimate of drug-likeness (QED) is 0.493. The Balaban J connectivity index is 2.00. The van der Waals surface area contributed by atoms with E-state index in [9.17, 15) is 9.59 Å². The van der Waals surface area contributed by atoms with Crippen molar-refractivity contribution in [2.45, 2.75) is 32.2 Å². The molecular formula is C27H37N3O5. The number of nitrogens with zero attached hydrogens (tertiary/aromatic N) is 2. The topological polar surface area (TPSA) is 80.3 Å². The summed E-state index contributed by atoms with van der Waals surface area (Å²) in [6.45, 7) is 7.70. The van der Waals surface area contributed by atoms with Gasteiger partial charge in [0.05, 0.1) is 33.3 Å². The van der Waals surface area contributed by atoms with E-state index in [2.05, 4.69) is 24.1 Å². The average molecular weight is 484 g/mol. The van der Waals surface area contributed by atoms with Gasteiger partial charge in [0.2, 0.25) is 5.91 Å². The van der Waals surface area contributed by atoms with E-state index >= 15 is 0 Å². The molecule has 1 aliphatic rings. The molecule has 2 aromatic carbocycles. The van der Waals surface area contributed by atoms with Crippen molar-refractivity contribution in [3.8, 4) is 17.2 Å². The molecule has 1 aliphatic heterocycles. The molecule has 0 fully saturated rings. The number of methoxy groups -OCH3 is 3. The van der Waals surface area contributed by atoms with Gasteiger partial charge in [-0.15, -0.1) is 0 Å². The number of likely N-dealkylation sites (N-methyl/N-ethyl adjacent to an activating group) is 1. The van der Waals surface area contributed by atoms with Gasteiger partial charge in [0.25, 0.3) is 5.91 Å². The maximum absolute atomic E-state index is 13.7. The molecule has 0 radical (unpaired) electrons. The van der Waals surface area contributed by atoms with Gasteiger partial charge in [-0.05, 0) is 61.4 Å². The molecule has 0 aliphatic carbocycles. The molecule has 0 spiro atoms. The molecule has 1 heterocycles. The molecule has 3 rings (SSSR count). The molecule has 8 heteroatoms. The average Bonchev–Trinajstić information content (AvgIpc) is 2.89. The van der Waals surface area contributed by atoms with Crippen LogP contribution in [0, 0.1) is 0 Å². The summed E-state index contributed by atoms with van der Waals surface area (Å²) in [6.07, 6.45) is 0.848. The largest absolute Gasteiger partial charge is 0.497 e. The highest BCUT2D eigenvalue weighted by molar-refractivity contribution is 6.02. The van der Waals surface area contributed by atoms with E-state index in [0.717, 1.165) is 31.6 Å². The van der Waals surface area contributed by atoms with Gasteiger partial charge in [-0.25, -0.2) is 0 Å². The number of hydrogen-bond acceptors (Lipinski definition) is 6. The molecule has 0 bridgehead atoms. The van der Waals surface area contributed by atoms with E-state index in [0.29, 0.717) is 34.9 Å². The molecule has 35 heavy (non-hydrogen) atoms. The number of nitrogens with one attached hydrogen (secondary N) is 1. The van der Waals surface area contributed by atoms with Gasteiger partial charge >= 0.3 is 0 Å². The van der Waals surface area contributed by atoms with Gasteiger partial charge in [-0.1, -0.05) is 26.0 Å². The molecule has 0 saturated heterocycles. The van der Waals surface area contributed by atoms with Crippen molar-refractivity contribution in [3.63, 3.8) is 0 Å². The van der Waals surface area contributed by atoms with Crippen LogP contribution in [0.1, 0.15) is 53.7 Å². The fourth-order valence-electron chi connectivity index (χ4n) is 4.71. The van der Waals surface area contributed by atoms with E-state index in [1.807, 2.05) is 24.3 Å². The summed E-state index contributed by atoms with van der Waals surface area (Å²) in [4.78, 5) is 31.1. The van der Waals surface area contributed by atoms with Crippen LogP contribution in [-0.2, 0) is 4.79 Å². The molecule has 2 amide bonds. The molecule has 1 N–H and O–H groups in total. The van der Waals surface area contributed by atoms with Crippen molar-refractivity contribution in [1.29, 1.82) is 0 Å². The standard InChI is InChI=1S/C27H37N3O5/c1-7-30(8-2)15-9-14-28-26(31)24-20-16-22(34-5)23(35-6)17-21(20)27(32)29(3)25(24)18-10-12-19(33-4)13-11-18/h10-13,16-17,24-25H,7-9,14-15H2,1-6H3,(H,28,31). The lowest BCUT2D eigenvalue weighted by Crippen LogP contribution is -2.46. The molecular weight excluding hydrogens is 446 g/mol. The molecule has 0 saturated carbocycles. The fourth-order valence-corrected chi connectivity index (χ4v) is 4.71. The third kappa shape index (κ3) is 5.53. The van der Waals surface area contributed by atoms with Crippen LogP contribution in [-0.4, -0.2) is 76.2 Å². The van der Waals surface area contributed by atoms with Crippen molar-refractivity contribution >= 4 is 11.8 Å². The van der Waals surface area contributed by atoms with Crippen LogP contribution in [0.4, 0.5) is 0 Å². The smallest absolute Gasteiger partial charge is 0.254 e. The molecule has 2 atom stereocenters. The number of carbonyl (C=O) groups excluding carboxylic acids is 2. The van der Waals surface area contributed by atoms with E-state index in [4.69, 9.17) is 14.2 Å². The number of amides is 2. The lowest BCUT2D eigenvalue weighted by atomic mass is 9.79. The number of rotatable bonds is 11. The zero-order valence-electron chi connectivity index (χ0n) is 21.6. The molecule has 190 valence electrons. The second-order valence-electron chi connectivity index (χ2n) is 8.58. The van der Waals surface area contributed by atoms with E-state index in [1.54, 1.807) is 38.3 Å². The van der Waals surface area contributed by atoms with E-state index in [-0.39, 0.29) is 11.8 Å². The van der Waals surface area contributed by atoms with Gasteiger partial charge in [-0.2, -0.15) is 0 Å². The number of carbonyl (C=O) groups is 2. The monoisotopic (exact) mass is 483 g/mol. The van der Waals surface area contributed by atoms with Crippen molar-refractivity contribution < 1.29 is 23.8 Å². The van der Waals surface area contributed by atoms with Gasteiger partial charge in [-0.3, -0.25) is 9.59 Å². The van der Waals surface area contributed by atoms with Crippen LogP contribution in [0.15, 0.2) is 36.4 Å². The Bertz CT molecular complexity index is 1020. The lowest BCUT2D eigenvalue weighted by molar-refractivity contribution is -0.124. The third-order valence-corrected chi connectivity index (χ3v) is 6.76. The fraction of sp³-hybridized carbons (Fsp3) is 0.481. The van der Waals surface area contributed by atoms with Crippen molar-refractivity contribution in [3.05, 3.63) is 53.1 Å². The Hall–Kier alpha value is -3.26. The molecule has 2 aromatic rings. The highest BCUT2D eigenvalue weighted by Gasteiger charge is 2.43. The van der Waals surface area contributed by atoms with Crippen LogP contribution < -0.4 is 19.5 Å². The summed E-state index contributed by atoms with van der Waals surface area (Å²) in [5.41, 5.74) is 1.93. The SMILES string of the molecule is CCN(CC)CCCNC(=O)C1c2cc(OC)c(OC)cc2C(=O)N(C)C1c1ccc(OC)cc1. The highest BCUT2D eigenvalue weighted by Crippen LogP contribution is 2.45. The first kappa shape index (κ1) is 26.3. The highest BCUT2D eigenvalue weighted by atomic mass is 16.5. The first-order chi connectivity index (χ1) is 16.9. The zero-order chi connectivity index (χ0) is 25.5. The van der Waals surface area contributed by atoms with Crippen LogP contribution in [0.5, 0.6) is 17.2 Å². The Labute approximate surface area is 208 Å². The van der Waals surface area contributed by atoms with Crippen molar-refractivity contribution in [2.24, 2.45) is 0 Å². The number of ether oxygens (including phenoxy) is 3. The maximum atomic E-state index is 13.7. The predicted molar refractivity (Wildman–Crippen MR) is 136 cm³/mol. The summed E-state index contributed by atoms with van der Waals surface area (Å²) in [5.74, 6) is 0.730. The molecule has 8 nitrogen and oxygen atoms in total. The summed E-state index contributed by atoms with van der Waals surface area (Å²) in [6, 6.07) is 10.4. The molecule has 2 unspecified atom stereocenters. The van der Waals surface area contributed by atoms with Crippen LogP contribution in [0.2, 0.25) is 0 Å². The number of fused-ring (bicyclic) bond motifs is 1. The van der Waals surface area contributed by atoms with Gasteiger partial charge < -0.3 is 29.3 Å². The Morgan fingerprint density at radius 3 is 2.20 bits per heavy atom. The summed E-state index contributed by atoms with van der Waals surface area (Å²) >= 11 is 0. The summed E-state index contributed by atoms with van der Waals surface area (Å²) < 4.78 is 16.2. The van der Waals surface area contributed by atoms with Gasteiger partial charge in [0.15, 0.2) is 11.5 Å². The summed E-state index contributed by atoms with van der Waals surface area (Å²) in [7, 11) is 6.42. The lowest BCUT2D eigenvalue weighted by Gasteiger charge is -2.40. The Morgan fingerprint density at radius 2 is 1.63 bits per heavy atom. The third-order valence-electron chi connectivity index (χ3n) is 6.76. The minimum atomic E-state index is -0.616. The molecule has 0 aromatic heterocycles. The van der Waals surface area contributed by atoms with Gasteiger partial charge in [0.1, 0.15) is 5.75 Å². The second kappa shape index (κ2) is 11.9. The van der Waals surface area contributed by atoms with E-state index in [1.165, 1.54) is 7.11 Å². The maximum Gasteiger partial charge on any atom is 0.254 e. The normalized spacial score (nSPS) is 17.2. The Kier molecular flexibility index (Phi) is 8.98. The van der Waals surface area contributed by atoms with Crippen LogP contribution >= 0.6 is 0 Å². The van der Waals surface area contributed by atoms with E-state index < -0.39 is 12.0 Å². The number of benzene rings is 2. The predicted octanol–water partition coefficient (Wildman–Crippen LogP) is 3.47. The van der Waals surface area contributed by atoms with Crippen molar-refractivity contribution in [1.82, 2.24) is 15.1 Å². The second-order valence-corrected chi connectivity index (χ2v) is 8.58. The van der Waals surface area contributed by atoms with Crippen LogP contribution in [0.3, 0.4) is 0 Å². The Morgan fingerprint density at radius 1 is 1.00 bits per heavy atom. The first-order valence-corrected chi connectivity index (χ1v) is 12.1. The van der Waals surface area contributed by atoms with Crippen molar-refractivity contribution in [2.75, 3.05) is 54.6 Å². The number of hydrogen-bond donors (Lipinski definition) is 1. The minimum absolute atomic E-state index is 0.127. The summed E-state index contributed by atoms with van der Waals surface area (Å²) in [5, 5.41) is 3.12. The van der Waals surface area contributed by atoms with Gasteiger partial charge in [0, 0.05) is 19.2 Å². The zero-order valence-corrected chi connectivity index (χ0v) is 21.6. The first-order valence-electron chi connectivity index (χ1n) is 12.1. The van der Waals surface area contributed by atoms with Crippen LogP contribution in [0.25, 0.3) is 0 Å². The minimum Gasteiger partial charge on any atom is -0.497 e.